The van der Waals surface area contributed by atoms with E-state index in [9.17, 15) is 14.9 Å². The minimum Gasteiger partial charge on any atom is -0.484 e. The molecule has 126 valence electrons. The first-order valence-corrected chi connectivity index (χ1v) is 8.26. The van der Waals surface area contributed by atoms with Crippen molar-refractivity contribution in [2.24, 2.45) is 0 Å². The number of ether oxygens (including phenoxy) is 1. The van der Waals surface area contributed by atoms with Crippen LogP contribution in [0.25, 0.3) is 0 Å². The average Bonchev–Trinajstić information content (AvgIpc) is 2.58. The van der Waals surface area contributed by atoms with Crippen LogP contribution in [-0.2, 0) is 4.79 Å². The summed E-state index contributed by atoms with van der Waals surface area (Å²) in [6.07, 6.45) is 0. The lowest BCUT2D eigenvalue weighted by Gasteiger charge is -2.09. The Balaban J connectivity index is 1.69. The van der Waals surface area contributed by atoms with Crippen molar-refractivity contribution in [3.8, 4) is 5.75 Å². The van der Waals surface area contributed by atoms with Gasteiger partial charge in [-0.15, -0.1) is 0 Å². The third-order valence-electron chi connectivity index (χ3n) is 3.05. The van der Waals surface area contributed by atoms with E-state index in [1.807, 2.05) is 12.1 Å². The summed E-state index contributed by atoms with van der Waals surface area (Å²) in [5, 5.41) is 16.5. The molecule has 2 aromatic rings. The van der Waals surface area contributed by atoms with Gasteiger partial charge in [0, 0.05) is 22.7 Å². The summed E-state index contributed by atoms with van der Waals surface area (Å²) in [6, 6.07) is 13.7. The minimum absolute atomic E-state index is 0.00543. The van der Waals surface area contributed by atoms with E-state index in [1.165, 1.54) is 6.07 Å². The predicted molar refractivity (Wildman–Crippen MR) is 99.2 cm³/mol. The van der Waals surface area contributed by atoms with Gasteiger partial charge < -0.3 is 15.4 Å². The molecule has 0 aliphatic rings. The minimum atomic E-state index is -0.449. The maximum Gasteiger partial charge on any atom is 0.292 e. The number of rotatable bonds is 8. The number of amides is 1. The van der Waals surface area contributed by atoms with E-state index in [1.54, 1.807) is 30.3 Å². The number of hydrogen-bond acceptors (Lipinski definition) is 5. The first-order valence-electron chi connectivity index (χ1n) is 7.18. The van der Waals surface area contributed by atoms with Gasteiger partial charge >= 0.3 is 0 Å². The monoisotopic (exact) mass is 441 g/mol. The fourth-order valence-electron chi connectivity index (χ4n) is 1.91. The number of halogens is 1. The van der Waals surface area contributed by atoms with Crippen molar-refractivity contribution < 1.29 is 14.5 Å². The number of anilines is 1. The fraction of sp³-hybridized carbons (Fsp3) is 0.188. The Hall–Kier alpha value is -2.36. The lowest BCUT2D eigenvalue weighted by Crippen LogP contribution is -2.32. The molecule has 24 heavy (non-hydrogen) atoms. The van der Waals surface area contributed by atoms with Crippen molar-refractivity contribution in [1.82, 2.24) is 5.32 Å². The maximum absolute atomic E-state index is 11.7. The number of nitrogens with zero attached hydrogens (tertiary/aromatic N) is 1. The summed E-state index contributed by atoms with van der Waals surface area (Å²) < 4.78 is 6.45. The van der Waals surface area contributed by atoms with Crippen LogP contribution in [0.1, 0.15) is 0 Å². The van der Waals surface area contributed by atoms with Crippen LogP contribution in [0.15, 0.2) is 48.5 Å². The van der Waals surface area contributed by atoms with Gasteiger partial charge in [0.05, 0.1) is 4.92 Å². The molecule has 1 amide bonds. The number of carbonyl (C=O) groups is 1. The Morgan fingerprint density at radius 1 is 1.12 bits per heavy atom. The summed E-state index contributed by atoms with van der Waals surface area (Å²) in [7, 11) is 0. The highest BCUT2D eigenvalue weighted by Crippen LogP contribution is 2.22. The molecule has 0 aromatic heterocycles. The van der Waals surface area contributed by atoms with Crippen LogP contribution in [0.5, 0.6) is 5.75 Å². The van der Waals surface area contributed by atoms with Gasteiger partial charge in [-0.25, -0.2) is 0 Å². The van der Waals surface area contributed by atoms with Crippen molar-refractivity contribution >= 4 is 39.9 Å². The maximum atomic E-state index is 11.7. The molecule has 0 heterocycles. The van der Waals surface area contributed by atoms with Crippen LogP contribution in [0, 0.1) is 13.7 Å². The summed E-state index contributed by atoms with van der Waals surface area (Å²) in [5.41, 5.74) is 0.428. The largest absolute Gasteiger partial charge is 0.484 e. The molecule has 0 atom stereocenters. The van der Waals surface area contributed by atoms with Crippen molar-refractivity contribution in [2.75, 3.05) is 25.0 Å². The van der Waals surface area contributed by atoms with Crippen molar-refractivity contribution in [3.05, 3.63) is 62.2 Å². The number of benzene rings is 2. The number of nitro groups is 1. The molecule has 0 bridgehead atoms. The molecule has 8 heteroatoms. The summed E-state index contributed by atoms with van der Waals surface area (Å²) in [5.74, 6) is 0.376. The lowest BCUT2D eigenvalue weighted by atomic mass is 10.2. The molecule has 0 fully saturated rings. The van der Waals surface area contributed by atoms with E-state index in [0.717, 1.165) is 3.57 Å². The van der Waals surface area contributed by atoms with Crippen molar-refractivity contribution in [1.29, 1.82) is 0 Å². The van der Waals surface area contributed by atoms with E-state index < -0.39 is 4.92 Å². The van der Waals surface area contributed by atoms with Gasteiger partial charge in [0.1, 0.15) is 11.4 Å². The standard InChI is InChI=1S/C16H16IN3O4/c17-12-5-7-13(8-6-12)24-11-16(21)19-10-9-18-14-3-1-2-4-15(14)20(22)23/h1-8,18H,9-11H2,(H,19,21). The molecule has 0 radical (unpaired) electrons. The Kier molecular flexibility index (Phi) is 6.79. The first kappa shape index (κ1) is 18.0. The number of nitrogens with one attached hydrogen (secondary N) is 2. The normalized spacial score (nSPS) is 10.0. The predicted octanol–water partition coefficient (Wildman–Crippen LogP) is 2.81. The smallest absolute Gasteiger partial charge is 0.292 e. The Morgan fingerprint density at radius 2 is 1.83 bits per heavy atom. The van der Waals surface area contributed by atoms with Gasteiger partial charge in [0.15, 0.2) is 6.61 Å². The summed E-state index contributed by atoms with van der Waals surface area (Å²) in [6.45, 7) is 0.632. The van der Waals surface area contributed by atoms with E-state index in [4.69, 9.17) is 4.74 Å². The van der Waals surface area contributed by atoms with Crippen molar-refractivity contribution in [3.63, 3.8) is 0 Å². The van der Waals surface area contributed by atoms with E-state index in [2.05, 4.69) is 33.2 Å². The highest BCUT2D eigenvalue weighted by Gasteiger charge is 2.11. The second-order valence-corrected chi connectivity index (χ2v) is 6.04. The van der Waals surface area contributed by atoms with Crippen LogP contribution < -0.4 is 15.4 Å². The van der Waals surface area contributed by atoms with Crippen LogP contribution >= 0.6 is 22.6 Å². The Morgan fingerprint density at radius 3 is 2.54 bits per heavy atom. The van der Waals surface area contributed by atoms with Gasteiger partial charge in [-0.05, 0) is 52.9 Å². The SMILES string of the molecule is O=C(COc1ccc(I)cc1)NCCNc1ccccc1[N+](=O)[O-]. The summed E-state index contributed by atoms with van der Waals surface area (Å²) in [4.78, 5) is 22.1. The van der Waals surface area contributed by atoms with Crippen molar-refractivity contribution in [2.45, 2.75) is 0 Å². The van der Waals surface area contributed by atoms with E-state index in [-0.39, 0.29) is 18.2 Å². The van der Waals surface area contributed by atoms with Gasteiger partial charge in [-0.2, -0.15) is 0 Å². The molecule has 2 aromatic carbocycles. The number of nitro benzene ring substituents is 1. The van der Waals surface area contributed by atoms with E-state index >= 15 is 0 Å². The molecule has 0 unspecified atom stereocenters. The molecule has 0 saturated carbocycles. The molecular formula is C16H16IN3O4. The quantitative estimate of drug-likeness (QED) is 0.285. The van der Waals surface area contributed by atoms with Gasteiger partial charge in [0.2, 0.25) is 0 Å². The second-order valence-electron chi connectivity index (χ2n) is 4.79. The third-order valence-corrected chi connectivity index (χ3v) is 3.77. The molecular weight excluding hydrogens is 425 g/mol. The molecule has 7 nitrogen and oxygen atoms in total. The lowest BCUT2D eigenvalue weighted by molar-refractivity contribution is -0.384. The fourth-order valence-corrected chi connectivity index (χ4v) is 2.27. The van der Waals surface area contributed by atoms with Crippen LogP contribution in [0.2, 0.25) is 0 Å². The Bertz CT molecular complexity index is 707. The molecule has 0 saturated heterocycles. The van der Waals surface area contributed by atoms with Crippen LogP contribution in [0.4, 0.5) is 11.4 Å². The molecule has 0 aliphatic carbocycles. The highest BCUT2D eigenvalue weighted by molar-refractivity contribution is 14.1. The van der Waals surface area contributed by atoms with Crippen LogP contribution in [0.3, 0.4) is 0 Å². The van der Waals surface area contributed by atoms with Gasteiger partial charge in [-0.1, -0.05) is 12.1 Å². The van der Waals surface area contributed by atoms with Crippen LogP contribution in [-0.4, -0.2) is 30.5 Å². The molecule has 0 aliphatic heterocycles. The number of carbonyl (C=O) groups excluding carboxylic acids is 1. The second kappa shape index (κ2) is 9.06. The molecule has 0 spiro atoms. The summed E-state index contributed by atoms with van der Waals surface area (Å²) >= 11 is 2.19. The third kappa shape index (κ3) is 5.69. The zero-order valence-electron chi connectivity index (χ0n) is 12.7. The van der Waals surface area contributed by atoms with Gasteiger partial charge in [-0.3, -0.25) is 14.9 Å². The first-order chi connectivity index (χ1) is 11.6. The zero-order valence-corrected chi connectivity index (χ0v) is 14.9. The topological polar surface area (TPSA) is 93.5 Å². The molecule has 2 N–H and O–H groups in total. The zero-order chi connectivity index (χ0) is 17.4. The average molecular weight is 441 g/mol. The Labute approximate surface area is 152 Å². The van der Waals surface area contributed by atoms with Gasteiger partial charge in [0.25, 0.3) is 11.6 Å². The highest BCUT2D eigenvalue weighted by atomic mass is 127. The number of para-hydroxylation sites is 2. The molecule has 2 rings (SSSR count). The van der Waals surface area contributed by atoms with E-state index in [0.29, 0.717) is 24.5 Å². The number of hydrogen-bond donors (Lipinski definition) is 2.